The van der Waals surface area contributed by atoms with Crippen molar-refractivity contribution in [2.45, 2.75) is 6.42 Å². The third kappa shape index (κ3) is 1.40. The quantitative estimate of drug-likeness (QED) is 0.580. The van der Waals surface area contributed by atoms with Crippen LogP contribution in [-0.2, 0) is 6.42 Å². The summed E-state index contributed by atoms with van der Waals surface area (Å²) >= 11 is 0. The average molecular weight is 216 g/mol. The summed E-state index contributed by atoms with van der Waals surface area (Å²) in [7, 11) is 0. The fourth-order valence-electron chi connectivity index (χ4n) is 2.31. The Balaban J connectivity index is 2.25. The molecule has 1 aliphatic carbocycles. The zero-order valence-electron chi connectivity index (χ0n) is 9.07. The lowest BCUT2D eigenvalue weighted by molar-refractivity contribution is 1.26. The Morgan fingerprint density at radius 1 is 0.765 bits per heavy atom. The Kier molecular flexibility index (Phi) is 1.97. The van der Waals surface area contributed by atoms with E-state index in [1.807, 2.05) is 36.4 Å². The van der Waals surface area contributed by atoms with Gasteiger partial charge < -0.3 is 0 Å². The van der Waals surface area contributed by atoms with E-state index in [0.717, 1.165) is 17.5 Å². The van der Waals surface area contributed by atoms with Crippen LogP contribution in [0.5, 0.6) is 0 Å². The molecule has 0 saturated heterocycles. The molecule has 0 spiro atoms. The second-order valence-electron chi connectivity index (χ2n) is 4.14. The van der Waals surface area contributed by atoms with Crippen LogP contribution in [0.25, 0.3) is 11.1 Å². The molecule has 0 aliphatic heterocycles. The number of nitrogens with zero attached hydrogens (tertiary/aromatic N) is 2. The maximum Gasteiger partial charge on any atom is 0.0991 e. The zero-order chi connectivity index (χ0) is 11.8. The van der Waals surface area contributed by atoms with E-state index >= 15 is 0 Å². The molecule has 0 atom stereocenters. The molecule has 0 amide bonds. The molecule has 1 aliphatic rings. The smallest absolute Gasteiger partial charge is 0.0991 e. The van der Waals surface area contributed by atoms with Crippen LogP contribution in [0.3, 0.4) is 0 Å². The van der Waals surface area contributed by atoms with Gasteiger partial charge in [0, 0.05) is 0 Å². The van der Waals surface area contributed by atoms with E-state index in [9.17, 15) is 0 Å². The molecule has 0 N–H and O–H groups in total. The predicted molar refractivity (Wildman–Crippen MR) is 64.1 cm³/mol. The van der Waals surface area contributed by atoms with E-state index in [1.54, 1.807) is 0 Å². The Morgan fingerprint density at radius 2 is 1.24 bits per heavy atom. The molecule has 0 heterocycles. The van der Waals surface area contributed by atoms with Crippen molar-refractivity contribution >= 4 is 0 Å². The summed E-state index contributed by atoms with van der Waals surface area (Å²) in [5.74, 6) is 0. The first kappa shape index (κ1) is 9.63. The molecular formula is C15H8N2. The highest BCUT2D eigenvalue weighted by atomic mass is 14.3. The molecule has 0 bridgehead atoms. The second-order valence-corrected chi connectivity index (χ2v) is 4.14. The van der Waals surface area contributed by atoms with Crippen LogP contribution < -0.4 is 0 Å². The Bertz CT molecular complexity index is 638. The third-order valence-corrected chi connectivity index (χ3v) is 3.15. The van der Waals surface area contributed by atoms with Gasteiger partial charge in [-0.15, -0.1) is 0 Å². The van der Waals surface area contributed by atoms with Crippen LogP contribution in [-0.4, -0.2) is 0 Å². The fraction of sp³-hybridized carbons (Fsp3) is 0.0667. The molecular weight excluding hydrogens is 208 g/mol. The van der Waals surface area contributed by atoms with Crippen LogP contribution in [0, 0.1) is 22.7 Å². The fourth-order valence-corrected chi connectivity index (χ4v) is 2.31. The molecule has 2 aromatic carbocycles. The van der Waals surface area contributed by atoms with Gasteiger partial charge in [0.05, 0.1) is 23.3 Å². The highest BCUT2D eigenvalue weighted by molar-refractivity contribution is 5.78. The molecule has 2 nitrogen and oxygen atoms in total. The van der Waals surface area contributed by atoms with E-state index in [4.69, 9.17) is 10.5 Å². The molecule has 2 heteroatoms. The number of rotatable bonds is 0. The van der Waals surface area contributed by atoms with Gasteiger partial charge in [-0.25, -0.2) is 0 Å². The molecule has 0 aromatic heterocycles. The van der Waals surface area contributed by atoms with Crippen molar-refractivity contribution in [3.8, 4) is 23.3 Å². The lowest BCUT2D eigenvalue weighted by atomic mass is 10.0. The van der Waals surface area contributed by atoms with Gasteiger partial charge in [-0.2, -0.15) is 10.5 Å². The van der Waals surface area contributed by atoms with Gasteiger partial charge in [0.25, 0.3) is 0 Å². The molecule has 0 saturated carbocycles. The first-order valence-corrected chi connectivity index (χ1v) is 5.38. The summed E-state index contributed by atoms with van der Waals surface area (Å²) in [6, 6.07) is 15.8. The normalized spacial score (nSPS) is 11.2. The average Bonchev–Trinajstić information content (AvgIpc) is 2.75. The first-order valence-electron chi connectivity index (χ1n) is 5.38. The summed E-state index contributed by atoms with van der Waals surface area (Å²) in [6.07, 6.45) is 0.891. The predicted octanol–water partition coefficient (Wildman–Crippen LogP) is 3.00. The monoisotopic (exact) mass is 216 g/mol. The van der Waals surface area contributed by atoms with Crippen LogP contribution in [0.15, 0.2) is 36.4 Å². The summed E-state index contributed by atoms with van der Waals surface area (Å²) in [5, 5.41) is 17.8. The Labute approximate surface area is 99.4 Å². The van der Waals surface area contributed by atoms with Gasteiger partial charge in [-0.3, -0.25) is 0 Å². The van der Waals surface area contributed by atoms with Crippen molar-refractivity contribution < 1.29 is 0 Å². The molecule has 78 valence electrons. The molecule has 3 rings (SSSR count). The summed E-state index contributed by atoms with van der Waals surface area (Å²) < 4.78 is 0. The zero-order valence-corrected chi connectivity index (χ0v) is 9.07. The van der Waals surface area contributed by atoms with Crippen molar-refractivity contribution in [3.63, 3.8) is 0 Å². The van der Waals surface area contributed by atoms with Crippen LogP contribution in [0.1, 0.15) is 22.3 Å². The summed E-state index contributed by atoms with van der Waals surface area (Å²) in [5.41, 5.74) is 5.98. The largest absolute Gasteiger partial charge is 0.192 e. The first-order chi connectivity index (χ1) is 8.31. The second kappa shape index (κ2) is 3.47. The van der Waals surface area contributed by atoms with E-state index in [-0.39, 0.29) is 0 Å². The highest BCUT2D eigenvalue weighted by Crippen LogP contribution is 2.37. The van der Waals surface area contributed by atoms with Crippen molar-refractivity contribution in [1.82, 2.24) is 0 Å². The van der Waals surface area contributed by atoms with Gasteiger partial charge in [0.2, 0.25) is 0 Å². The van der Waals surface area contributed by atoms with Gasteiger partial charge in [0.15, 0.2) is 0 Å². The number of hydrogen-bond donors (Lipinski definition) is 0. The maximum atomic E-state index is 8.92. The number of benzene rings is 2. The Morgan fingerprint density at radius 3 is 1.65 bits per heavy atom. The van der Waals surface area contributed by atoms with Gasteiger partial charge in [-0.1, -0.05) is 12.1 Å². The van der Waals surface area contributed by atoms with Crippen molar-refractivity contribution in [2.75, 3.05) is 0 Å². The molecule has 2 aromatic rings. The Hall–Kier alpha value is -2.58. The number of hydrogen-bond acceptors (Lipinski definition) is 2. The summed E-state index contributed by atoms with van der Waals surface area (Å²) in [4.78, 5) is 0. The minimum absolute atomic E-state index is 0.666. The van der Waals surface area contributed by atoms with Gasteiger partial charge in [0.1, 0.15) is 0 Å². The SMILES string of the molecule is N#Cc1ccc2c(c1)-c1cc(C#N)ccc1C2. The van der Waals surface area contributed by atoms with E-state index in [2.05, 4.69) is 12.1 Å². The summed E-state index contributed by atoms with van der Waals surface area (Å²) in [6.45, 7) is 0. The standard InChI is InChI=1S/C15H8N2/c16-8-10-1-3-12-7-13-4-2-11(9-17)6-15(13)14(12)5-10/h1-6H,7H2. The lowest BCUT2D eigenvalue weighted by Gasteiger charge is -2.01. The highest BCUT2D eigenvalue weighted by Gasteiger charge is 2.18. The topological polar surface area (TPSA) is 47.6 Å². The molecule has 0 radical (unpaired) electrons. The van der Waals surface area contributed by atoms with Crippen molar-refractivity contribution in [3.05, 3.63) is 58.7 Å². The minimum Gasteiger partial charge on any atom is -0.192 e. The van der Waals surface area contributed by atoms with Crippen LogP contribution in [0.2, 0.25) is 0 Å². The van der Waals surface area contributed by atoms with E-state index < -0.39 is 0 Å². The lowest BCUT2D eigenvalue weighted by Crippen LogP contribution is -1.81. The van der Waals surface area contributed by atoms with Crippen molar-refractivity contribution in [2.24, 2.45) is 0 Å². The molecule has 0 unspecified atom stereocenters. The van der Waals surface area contributed by atoms with Crippen molar-refractivity contribution in [1.29, 1.82) is 10.5 Å². The van der Waals surface area contributed by atoms with Crippen LogP contribution in [0.4, 0.5) is 0 Å². The third-order valence-electron chi connectivity index (χ3n) is 3.15. The number of nitriles is 2. The molecule has 0 fully saturated rings. The number of fused-ring (bicyclic) bond motifs is 3. The van der Waals surface area contributed by atoms with E-state index in [1.165, 1.54) is 11.1 Å². The van der Waals surface area contributed by atoms with E-state index in [0.29, 0.717) is 11.1 Å². The molecule has 17 heavy (non-hydrogen) atoms. The minimum atomic E-state index is 0.666. The van der Waals surface area contributed by atoms with Gasteiger partial charge >= 0.3 is 0 Å². The maximum absolute atomic E-state index is 8.92. The van der Waals surface area contributed by atoms with Gasteiger partial charge in [-0.05, 0) is 52.9 Å². The van der Waals surface area contributed by atoms with Crippen LogP contribution >= 0.6 is 0 Å².